The van der Waals surface area contributed by atoms with E-state index in [0.29, 0.717) is 24.1 Å². The number of unbranched alkanes of at least 4 members (excludes halogenated alkanes) is 22. The molecule has 0 aromatic rings. The maximum Gasteiger partial charge on any atom is 0.306 e. The number of carbonyl (C=O) groups is 2. The van der Waals surface area contributed by atoms with Gasteiger partial charge < -0.3 is 32.6 Å². The van der Waals surface area contributed by atoms with E-state index in [1.165, 1.54) is 82.1 Å². The Hall–Kier alpha value is -1.11. The Labute approximate surface area is 361 Å². The number of quaternary nitrogens is 1. The molecule has 1 saturated heterocycles. The van der Waals surface area contributed by atoms with Gasteiger partial charge in [-0.2, -0.15) is 0 Å². The highest BCUT2D eigenvalue weighted by molar-refractivity contribution is 7.45. The molecule has 0 saturated carbocycles. The van der Waals surface area contributed by atoms with Gasteiger partial charge in [0.1, 0.15) is 25.5 Å². The minimum Gasteiger partial charge on any atom is -0.756 e. The first-order chi connectivity index (χ1) is 28.1. The van der Waals surface area contributed by atoms with Crippen LogP contribution >= 0.6 is 7.82 Å². The van der Waals surface area contributed by atoms with E-state index in [1.807, 2.05) is 35.0 Å². The largest absolute Gasteiger partial charge is 0.756 e. The number of phosphoric acid groups is 1. The fourth-order valence-corrected chi connectivity index (χ4v) is 8.28. The van der Waals surface area contributed by atoms with Crippen LogP contribution in [0.5, 0.6) is 0 Å². The standard InChI is InChI=1S/C46H90N2O10P/c1-8-10-12-14-15-16-17-18-19-20-23-26-29-33-43(49)54-39-42(40-57-59(52,53)56-38-37-48(5,6)7)58-44(50)34-30-27-24-21-22-25-28-32-36-46(35-31-13-11-9-2)47(51)45(3,4)41-55-46/h42H,8-41H2,1-7H3/t42-,46?/m0/s1. The molecule has 59 heavy (non-hydrogen) atoms. The van der Waals surface area contributed by atoms with Crippen molar-refractivity contribution in [2.75, 3.05) is 54.1 Å². The lowest BCUT2D eigenvalue weighted by atomic mass is 9.95. The van der Waals surface area contributed by atoms with E-state index in [1.54, 1.807) is 0 Å². The molecule has 0 amide bonds. The van der Waals surface area contributed by atoms with E-state index in [2.05, 4.69) is 13.8 Å². The van der Waals surface area contributed by atoms with Crippen LogP contribution in [0.2, 0.25) is 0 Å². The zero-order chi connectivity index (χ0) is 43.9. The number of hydrogen-bond donors (Lipinski definition) is 0. The van der Waals surface area contributed by atoms with E-state index in [4.69, 9.17) is 23.3 Å². The van der Waals surface area contributed by atoms with E-state index >= 15 is 0 Å². The number of hydrogen-bond acceptors (Lipinski definition) is 10. The van der Waals surface area contributed by atoms with Crippen LogP contribution in [0, 0.1) is 0 Å². The maximum atomic E-state index is 13.2. The fraction of sp³-hybridized carbons (Fsp3) is 0.957. The van der Waals surface area contributed by atoms with Gasteiger partial charge in [0.15, 0.2) is 6.10 Å². The molecular formula is C46H90N2O10P. The number of nitrogens with zero attached hydrogens (tertiary/aromatic N) is 2. The van der Waals surface area contributed by atoms with Gasteiger partial charge in [-0.1, -0.05) is 149 Å². The monoisotopic (exact) mass is 862 g/mol. The average molecular weight is 862 g/mol. The number of ether oxygens (including phenoxy) is 3. The summed E-state index contributed by atoms with van der Waals surface area (Å²) in [6.45, 7) is 8.51. The number of esters is 2. The van der Waals surface area contributed by atoms with Crippen molar-refractivity contribution in [2.24, 2.45) is 0 Å². The molecule has 1 aliphatic heterocycles. The molecular weight excluding hydrogens is 771 g/mol. The Kier molecular flexibility index (Phi) is 30.8. The zero-order valence-corrected chi connectivity index (χ0v) is 39.9. The van der Waals surface area contributed by atoms with Gasteiger partial charge in [-0.05, 0) is 52.4 Å². The van der Waals surface area contributed by atoms with E-state index in [9.17, 15) is 24.3 Å². The van der Waals surface area contributed by atoms with Gasteiger partial charge in [0.25, 0.3) is 7.82 Å². The third kappa shape index (κ3) is 29.0. The van der Waals surface area contributed by atoms with E-state index < -0.39 is 43.7 Å². The van der Waals surface area contributed by atoms with Gasteiger partial charge in [-0.3, -0.25) is 14.2 Å². The van der Waals surface area contributed by atoms with Crippen molar-refractivity contribution in [3.63, 3.8) is 0 Å². The molecule has 0 aromatic heterocycles. The van der Waals surface area contributed by atoms with Crippen LogP contribution in [0.3, 0.4) is 0 Å². The molecule has 1 fully saturated rings. The van der Waals surface area contributed by atoms with Crippen LogP contribution in [-0.4, -0.2) is 93.0 Å². The molecule has 349 valence electrons. The summed E-state index contributed by atoms with van der Waals surface area (Å²) < 4.78 is 40.2. The van der Waals surface area contributed by atoms with Crippen molar-refractivity contribution in [2.45, 2.75) is 231 Å². The van der Waals surface area contributed by atoms with Gasteiger partial charge in [-0.25, -0.2) is 0 Å². The molecule has 1 rings (SSSR count). The zero-order valence-electron chi connectivity index (χ0n) is 39.0. The smallest absolute Gasteiger partial charge is 0.306 e. The molecule has 1 heterocycles. The van der Waals surface area contributed by atoms with Gasteiger partial charge >= 0.3 is 11.9 Å². The van der Waals surface area contributed by atoms with E-state index in [0.717, 1.165) is 89.9 Å². The first-order valence-corrected chi connectivity index (χ1v) is 25.4. The predicted octanol–water partition coefficient (Wildman–Crippen LogP) is 11.2. The van der Waals surface area contributed by atoms with E-state index in [-0.39, 0.29) is 26.1 Å². The Balaban J connectivity index is 2.38. The highest BCUT2D eigenvalue weighted by atomic mass is 31.2. The minimum atomic E-state index is -4.65. The SMILES string of the molecule is CCCCCCCCCCCCCCCC(=O)OC[C@@H](COP(=O)([O-])OCC[N+](C)(C)C)OC(=O)CCCCCCCCCCC1(CCCCCC)OCC(C)(C)N1[O]. The molecule has 0 N–H and O–H groups in total. The van der Waals surface area contributed by atoms with Crippen molar-refractivity contribution in [3.8, 4) is 0 Å². The van der Waals surface area contributed by atoms with Crippen LogP contribution in [-0.2, 0) is 42.6 Å². The lowest BCUT2D eigenvalue weighted by Gasteiger charge is -2.35. The second kappa shape index (κ2) is 32.5. The molecule has 0 aromatic carbocycles. The highest BCUT2D eigenvalue weighted by Crippen LogP contribution is 2.41. The Morgan fingerprint density at radius 3 is 1.53 bits per heavy atom. The number of rotatable bonds is 40. The van der Waals surface area contributed by atoms with Crippen molar-refractivity contribution >= 4 is 19.8 Å². The van der Waals surface area contributed by atoms with Crippen molar-refractivity contribution in [3.05, 3.63) is 0 Å². The summed E-state index contributed by atoms with van der Waals surface area (Å²) in [5.74, 6) is -0.880. The quantitative estimate of drug-likeness (QED) is 0.0253. The lowest BCUT2D eigenvalue weighted by molar-refractivity contribution is -0.870. The Morgan fingerprint density at radius 1 is 0.661 bits per heavy atom. The van der Waals surface area contributed by atoms with Crippen LogP contribution < -0.4 is 4.89 Å². The first kappa shape index (κ1) is 55.9. The summed E-state index contributed by atoms with van der Waals surface area (Å²) in [6, 6.07) is 0. The number of phosphoric ester groups is 1. The molecule has 12 nitrogen and oxygen atoms in total. The predicted molar refractivity (Wildman–Crippen MR) is 234 cm³/mol. The van der Waals surface area contributed by atoms with Crippen molar-refractivity contribution in [1.29, 1.82) is 0 Å². The summed E-state index contributed by atoms with van der Waals surface area (Å²) in [5, 5.41) is 14.4. The van der Waals surface area contributed by atoms with Crippen LogP contribution in [0.25, 0.3) is 0 Å². The number of hydroxylamine groups is 2. The van der Waals surface area contributed by atoms with Crippen molar-refractivity contribution in [1.82, 2.24) is 5.06 Å². The summed E-state index contributed by atoms with van der Waals surface area (Å²) in [4.78, 5) is 37.7. The summed E-state index contributed by atoms with van der Waals surface area (Å²) in [6.07, 6.45) is 29.0. The number of carbonyl (C=O) groups excluding carboxylic acids is 2. The maximum absolute atomic E-state index is 13.2. The molecule has 0 spiro atoms. The minimum absolute atomic E-state index is 0.0453. The molecule has 0 aliphatic carbocycles. The third-order valence-corrected chi connectivity index (χ3v) is 12.3. The highest BCUT2D eigenvalue weighted by Gasteiger charge is 2.51. The topological polar surface area (TPSA) is 144 Å². The Bertz CT molecular complexity index is 1120. The van der Waals surface area contributed by atoms with Gasteiger partial charge in [-0.15, -0.1) is 10.3 Å². The lowest BCUT2D eigenvalue weighted by Crippen LogP contribution is -2.49. The van der Waals surface area contributed by atoms with Gasteiger partial charge in [0, 0.05) is 12.8 Å². The molecule has 3 atom stereocenters. The molecule has 13 heteroatoms. The van der Waals surface area contributed by atoms with Crippen molar-refractivity contribution < 1.29 is 52.0 Å². The fourth-order valence-electron chi connectivity index (χ4n) is 7.56. The second-order valence-corrected chi connectivity index (χ2v) is 20.3. The van der Waals surface area contributed by atoms with Crippen LogP contribution in [0.4, 0.5) is 0 Å². The average Bonchev–Trinajstić information content (AvgIpc) is 3.40. The summed E-state index contributed by atoms with van der Waals surface area (Å²) in [7, 11) is 1.12. The Morgan fingerprint density at radius 2 is 1.08 bits per heavy atom. The molecule has 1 aliphatic rings. The molecule has 2 unspecified atom stereocenters. The summed E-state index contributed by atoms with van der Waals surface area (Å²) in [5.41, 5.74) is -1.16. The summed E-state index contributed by atoms with van der Waals surface area (Å²) >= 11 is 0. The first-order valence-electron chi connectivity index (χ1n) is 23.9. The molecule has 0 bridgehead atoms. The van der Waals surface area contributed by atoms with Gasteiger partial charge in [0.05, 0.1) is 39.9 Å². The third-order valence-electron chi connectivity index (χ3n) is 11.4. The second-order valence-electron chi connectivity index (χ2n) is 18.9. The van der Waals surface area contributed by atoms with Gasteiger partial charge in [0.2, 0.25) is 0 Å². The number of likely N-dealkylation sites (N-methyl/N-ethyl adjacent to an activating group) is 1. The van der Waals surface area contributed by atoms with Crippen LogP contribution in [0.1, 0.15) is 214 Å². The normalized spacial score (nSPS) is 18.5. The van der Waals surface area contributed by atoms with Crippen LogP contribution in [0.15, 0.2) is 0 Å². The molecule has 1 radical (unpaired) electrons.